The molecule has 4 heterocycles. The van der Waals surface area contributed by atoms with Gasteiger partial charge in [-0.3, -0.25) is 0 Å². The summed E-state index contributed by atoms with van der Waals surface area (Å²) in [6.45, 7) is 0. The minimum absolute atomic E-state index is 0.888. The van der Waals surface area contributed by atoms with Gasteiger partial charge >= 0.3 is 0 Å². The Hall–Kier alpha value is -7.18. The molecule has 0 N–H and O–H groups in total. The number of para-hydroxylation sites is 3. The summed E-state index contributed by atoms with van der Waals surface area (Å²) in [7, 11) is 0. The number of thiophene rings is 2. The molecular weight excluding hydrogens is 757 g/mol. The normalized spacial score (nSPS) is 12.1. The molecule has 0 aliphatic rings. The van der Waals surface area contributed by atoms with Gasteiger partial charge in [-0.2, -0.15) is 0 Å². The van der Waals surface area contributed by atoms with Crippen molar-refractivity contribution in [2.45, 2.75) is 0 Å². The maximum absolute atomic E-state index is 6.77. The first-order chi connectivity index (χ1) is 29.3. The molecule has 9 aromatic carbocycles. The molecule has 13 rings (SSSR count). The molecule has 0 saturated carbocycles. The van der Waals surface area contributed by atoms with Crippen LogP contribution in [0.3, 0.4) is 0 Å². The van der Waals surface area contributed by atoms with Crippen LogP contribution < -0.4 is 4.90 Å². The summed E-state index contributed by atoms with van der Waals surface area (Å²) in [6, 6.07) is 70.5. The van der Waals surface area contributed by atoms with Crippen molar-refractivity contribution in [2.24, 2.45) is 0 Å². The van der Waals surface area contributed by atoms with E-state index in [4.69, 9.17) is 4.42 Å². The van der Waals surface area contributed by atoms with E-state index in [1.807, 2.05) is 22.7 Å². The first kappa shape index (κ1) is 32.9. The van der Waals surface area contributed by atoms with Gasteiger partial charge in [0.15, 0.2) is 0 Å². The standard InChI is InChI=1S/C54H32N2OS2/c1-2-14-33(15-3-1)55(43-23-13-27-49-50(43)40-19-7-11-26-48(40)58-49)34-28-30-35(31-29-34)56-42-22-8-4-17-38(42)51-44(56)32-46-52(39-18-5-9-24-45(39)57-46)53(51)41-21-12-20-37-36-16-6-10-25-47(36)59-54(37)41/h1-32H. The van der Waals surface area contributed by atoms with E-state index in [-0.39, 0.29) is 0 Å². The van der Waals surface area contributed by atoms with E-state index < -0.39 is 0 Å². The fraction of sp³-hybridized carbons (Fsp3) is 0. The number of benzene rings is 9. The lowest BCUT2D eigenvalue weighted by Gasteiger charge is -2.26. The quantitative estimate of drug-likeness (QED) is 0.173. The molecule has 0 aliphatic carbocycles. The van der Waals surface area contributed by atoms with E-state index in [0.29, 0.717) is 0 Å². The molecular formula is C54H32N2OS2. The number of fused-ring (bicyclic) bond motifs is 12. The smallest absolute Gasteiger partial charge is 0.138 e. The molecule has 5 heteroatoms. The fourth-order valence-electron chi connectivity index (χ4n) is 9.52. The number of hydrogen-bond acceptors (Lipinski definition) is 4. The highest BCUT2D eigenvalue weighted by Gasteiger charge is 2.25. The lowest BCUT2D eigenvalue weighted by atomic mass is 9.93. The maximum atomic E-state index is 6.77. The largest absolute Gasteiger partial charge is 0.456 e. The Morgan fingerprint density at radius 1 is 0.407 bits per heavy atom. The van der Waals surface area contributed by atoms with E-state index >= 15 is 0 Å². The Bertz CT molecular complexity index is 3790. The second-order valence-corrected chi connectivity index (χ2v) is 17.3. The van der Waals surface area contributed by atoms with Crippen molar-refractivity contribution in [1.82, 2.24) is 4.57 Å². The van der Waals surface area contributed by atoms with Crippen LogP contribution in [0.4, 0.5) is 17.1 Å². The van der Waals surface area contributed by atoms with Crippen LogP contribution in [0.1, 0.15) is 0 Å². The molecule has 0 aliphatic heterocycles. The van der Waals surface area contributed by atoms with Gasteiger partial charge in [-0.1, -0.05) is 115 Å². The van der Waals surface area contributed by atoms with Crippen LogP contribution in [0, 0.1) is 0 Å². The lowest BCUT2D eigenvalue weighted by Crippen LogP contribution is -2.10. The minimum Gasteiger partial charge on any atom is -0.456 e. The van der Waals surface area contributed by atoms with E-state index in [2.05, 4.69) is 204 Å². The van der Waals surface area contributed by atoms with E-state index in [1.165, 1.54) is 67.9 Å². The monoisotopic (exact) mass is 788 g/mol. The molecule has 0 fully saturated rings. The van der Waals surface area contributed by atoms with Crippen LogP contribution in [0.25, 0.3) is 101 Å². The average molecular weight is 789 g/mol. The highest BCUT2D eigenvalue weighted by atomic mass is 32.1. The fourth-order valence-corrected chi connectivity index (χ4v) is 11.9. The van der Waals surface area contributed by atoms with Gasteiger partial charge in [-0.05, 0) is 72.8 Å². The van der Waals surface area contributed by atoms with Crippen molar-refractivity contribution in [1.29, 1.82) is 0 Å². The third kappa shape index (κ3) is 4.80. The molecule has 4 aromatic heterocycles. The summed E-state index contributed by atoms with van der Waals surface area (Å²) >= 11 is 3.73. The number of nitrogens with zero attached hydrogens (tertiary/aromatic N) is 2. The first-order valence-electron chi connectivity index (χ1n) is 19.9. The third-order valence-electron chi connectivity index (χ3n) is 12.0. The van der Waals surface area contributed by atoms with Crippen LogP contribution >= 0.6 is 22.7 Å². The summed E-state index contributed by atoms with van der Waals surface area (Å²) in [6.07, 6.45) is 0. The molecule has 13 aromatic rings. The van der Waals surface area contributed by atoms with Crippen molar-refractivity contribution in [3.63, 3.8) is 0 Å². The Morgan fingerprint density at radius 2 is 1.05 bits per heavy atom. The Labute approximate surface area is 346 Å². The highest BCUT2D eigenvalue weighted by Crippen LogP contribution is 2.50. The predicted octanol–water partition coefficient (Wildman–Crippen LogP) is 16.6. The topological polar surface area (TPSA) is 21.3 Å². The van der Waals surface area contributed by atoms with Crippen molar-refractivity contribution in [3.8, 4) is 16.8 Å². The lowest BCUT2D eigenvalue weighted by molar-refractivity contribution is 0.669. The number of rotatable bonds is 5. The summed E-state index contributed by atoms with van der Waals surface area (Å²) in [5.41, 5.74) is 11.0. The second-order valence-electron chi connectivity index (χ2n) is 15.2. The van der Waals surface area contributed by atoms with Gasteiger partial charge in [0, 0.05) is 96.1 Å². The molecule has 0 radical (unpaired) electrons. The molecule has 3 nitrogen and oxygen atoms in total. The molecule has 0 atom stereocenters. The van der Waals surface area contributed by atoms with Crippen molar-refractivity contribution < 1.29 is 4.42 Å². The SMILES string of the molecule is c1ccc(N(c2ccc(-n3c4ccccc4c4c(-c5cccc6c5sc5ccccc56)c5c(cc43)oc3ccccc35)cc2)c2cccc3sc4ccccc4c23)cc1. The number of anilines is 3. The highest BCUT2D eigenvalue weighted by molar-refractivity contribution is 7.26. The van der Waals surface area contributed by atoms with Crippen molar-refractivity contribution >= 4 is 124 Å². The Kier molecular flexibility index (Phi) is 7.05. The summed E-state index contributed by atoms with van der Waals surface area (Å²) in [5.74, 6) is 0. The zero-order chi connectivity index (χ0) is 38.6. The third-order valence-corrected chi connectivity index (χ3v) is 14.3. The molecule has 0 saturated heterocycles. The Balaban J connectivity index is 1.08. The van der Waals surface area contributed by atoms with Crippen LogP contribution in [0.2, 0.25) is 0 Å². The first-order valence-corrected chi connectivity index (χ1v) is 21.6. The van der Waals surface area contributed by atoms with E-state index in [1.54, 1.807) is 0 Å². The van der Waals surface area contributed by atoms with Crippen LogP contribution in [-0.4, -0.2) is 4.57 Å². The predicted molar refractivity (Wildman–Crippen MR) is 254 cm³/mol. The number of aromatic nitrogens is 1. The van der Waals surface area contributed by atoms with Gasteiger partial charge in [-0.25, -0.2) is 0 Å². The van der Waals surface area contributed by atoms with Gasteiger partial charge in [0.05, 0.1) is 16.7 Å². The van der Waals surface area contributed by atoms with Gasteiger partial charge in [0.1, 0.15) is 11.2 Å². The average Bonchev–Trinajstić information content (AvgIpc) is 4.05. The number of furan rings is 1. The zero-order valence-electron chi connectivity index (χ0n) is 31.6. The molecule has 276 valence electrons. The summed E-state index contributed by atoms with van der Waals surface area (Å²) in [4.78, 5) is 2.40. The van der Waals surface area contributed by atoms with Crippen molar-refractivity contribution in [3.05, 3.63) is 194 Å². The molecule has 0 bridgehead atoms. The second kappa shape index (κ2) is 12.7. The molecule has 0 amide bonds. The van der Waals surface area contributed by atoms with Crippen LogP contribution in [0.5, 0.6) is 0 Å². The molecule has 59 heavy (non-hydrogen) atoms. The summed E-state index contributed by atoms with van der Waals surface area (Å²) < 4.78 is 14.4. The van der Waals surface area contributed by atoms with Crippen LogP contribution in [0.15, 0.2) is 199 Å². The van der Waals surface area contributed by atoms with Crippen molar-refractivity contribution in [2.75, 3.05) is 4.90 Å². The molecule has 0 unspecified atom stereocenters. The van der Waals surface area contributed by atoms with Gasteiger partial charge in [0.25, 0.3) is 0 Å². The summed E-state index contributed by atoms with van der Waals surface area (Å²) in [5, 5.41) is 9.88. The maximum Gasteiger partial charge on any atom is 0.138 e. The van der Waals surface area contributed by atoms with E-state index in [0.717, 1.165) is 50.0 Å². The van der Waals surface area contributed by atoms with Gasteiger partial charge < -0.3 is 13.9 Å². The number of hydrogen-bond donors (Lipinski definition) is 0. The Morgan fingerprint density at radius 3 is 1.90 bits per heavy atom. The van der Waals surface area contributed by atoms with Gasteiger partial charge in [0.2, 0.25) is 0 Å². The van der Waals surface area contributed by atoms with E-state index in [9.17, 15) is 0 Å². The van der Waals surface area contributed by atoms with Crippen LogP contribution in [-0.2, 0) is 0 Å². The zero-order valence-corrected chi connectivity index (χ0v) is 33.2. The molecule has 0 spiro atoms. The minimum atomic E-state index is 0.888. The van der Waals surface area contributed by atoms with Gasteiger partial charge in [-0.15, -0.1) is 22.7 Å².